The first-order valence-electron chi connectivity index (χ1n) is 6.64. The molecule has 0 atom stereocenters. The van der Waals surface area contributed by atoms with E-state index < -0.39 is 0 Å². The average Bonchev–Trinajstić information content (AvgIpc) is 2.84. The number of aromatic nitrogens is 3. The molecule has 1 aromatic carbocycles. The second-order valence-corrected chi connectivity index (χ2v) is 4.70. The highest BCUT2D eigenvalue weighted by Crippen LogP contribution is 2.27. The van der Waals surface area contributed by atoms with Gasteiger partial charge in [0.1, 0.15) is 6.07 Å². The molecule has 4 nitrogen and oxygen atoms in total. The van der Waals surface area contributed by atoms with Gasteiger partial charge < -0.3 is 0 Å². The number of rotatable bonds is 4. The van der Waals surface area contributed by atoms with Crippen LogP contribution in [0.4, 0.5) is 0 Å². The minimum atomic E-state index is 0.310. The maximum absolute atomic E-state index is 9.21. The van der Waals surface area contributed by atoms with Crippen molar-refractivity contribution in [3.8, 4) is 11.8 Å². The zero-order valence-electron chi connectivity index (χ0n) is 11.6. The van der Waals surface area contributed by atoms with Gasteiger partial charge in [-0.05, 0) is 37.5 Å². The van der Waals surface area contributed by atoms with Crippen molar-refractivity contribution in [3.05, 3.63) is 41.2 Å². The van der Waals surface area contributed by atoms with Crippen LogP contribution < -0.4 is 0 Å². The Balaban J connectivity index is 2.58. The average molecular weight is 254 g/mol. The number of aryl methyl sites for hydroxylation is 1. The Kier molecular flexibility index (Phi) is 3.96. The van der Waals surface area contributed by atoms with Gasteiger partial charge in [0.05, 0.1) is 11.4 Å². The second kappa shape index (κ2) is 5.66. The van der Waals surface area contributed by atoms with E-state index in [1.54, 1.807) is 0 Å². The Morgan fingerprint density at radius 3 is 2.63 bits per heavy atom. The quantitative estimate of drug-likeness (QED) is 0.840. The minimum Gasteiger partial charge on any atom is -0.216 e. The third-order valence-corrected chi connectivity index (χ3v) is 3.43. The summed E-state index contributed by atoms with van der Waals surface area (Å²) >= 11 is 0. The summed E-state index contributed by atoms with van der Waals surface area (Å²) in [4.78, 5) is 0. The highest BCUT2D eigenvalue weighted by atomic mass is 15.4. The Bertz CT molecular complexity index is 603. The lowest BCUT2D eigenvalue weighted by Gasteiger charge is -2.14. The van der Waals surface area contributed by atoms with Gasteiger partial charge in [-0.3, -0.25) is 0 Å². The normalized spacial score (nSPS) is 10.7. The van der Waals surface area contributed by atoms with Crippen molar-refractivity contribution in [1.82, 2.24) is 15.0 Å². The molecule has 0 aliphatic rings. The molecule has 0 amide bonds. The topological polar surface area (TPSA) is 54.5 Å². The number of nitriles is 1. The largest absolute Gasteiger partial charge is 0.216 e. The standard InChI is InChI=1S/C15H18N4/c1-4-12(5-2)15-14(10-16)17-18-19(15)13-8-6-7-11(3)9-13/h6-9,12H,4-5H2,1-3H3. The van der Waals surface area contributed by atoms with Crippen LogP contribution in [0.5, 0.6) is 0 Å². The molecule has 19 heavy (non-hydrogen) atoms. The van der Waals surface area contributed by atoms with E-state index in [2.05, 4.69) is 36.3 Å². The maximum Gasteiger partial charge on any atom is 0.186 e. The fourth-order valence-electron chi connectivity index (χ4n) is 2.36. The van der Waals surface area contributed by atoms with E-state index >= 15 is 0 Å². The molecule has 2 rings (SSSR count). The van der Waals surface area contributed by atoms with Gasteiger partial charge in [-0.25, -0.2) is 4.68 Å². The molecule has 98 valence electrons. The summed E-state index contributed by atoms with van der Waals surface area (Å²) in [5.74, 6) is 0.310. The molecule has 0 aliphatic heterocycles. The van der Waals surface area contributed by atoms with Crippen LogP contribution in [0, 0.1) is 18.3 Å². The maximum atomic E-state index is 9.21. The zero-order chi connectivity index (χ0) is 13.8. The van der Waals surface area contributed by atoms with Crippen LogP contribution >= 0.6 is 0 Å². The summed E-state index contributed by atoms with van der Waals surface area (Å²) in [6.45, 7) is 6.30. The van der Waals surface area contributed by atoms with Gasteiger partial charge in [-0.2, -0.15) is 5.26 Å². The van der Waals surface area contributed by atoms with Gasteiger partial charge in [-0.15, -0.1) is 5.10 Å². The van der Waals surface area contributed by atoms with Crippen LogP contribution in [-0.2, 0) is 0 Å². The molecule has 0 saturated heterocycles. The SMILES string of the molecule is CCC(CC)c1c(C#N)nnn1-c1cccc(C)c1. The van der Waals surface area contributed by atoms with E-state index in [9.17, 15) is 5.26 Å². The first-order valence-corrected chi connectivity index (χ1v) is 6.64. The Morgan fingerprint density at radius 2 is 2.05 bits per heavy atom. The Labute approximate surface area is 113 Å². The fourth-order valence-corrected chi connectivity index (χ4v) is 2.36. The van der Waals surface area contributed by atoms with Gasteiger partial charge in [-0.1, -0.05) is 31.2 Å². The summed E-state index contributed by atoms with van der Waals surface area (Å²) in [5, 5.41) is 17.4. The van der Waals surface area contributed by atoms with Gasteiger partial charge in [0.25, 0.3) is 0 Å². The molecular formula is C15H18N4. The highest BCUT2D eigenvalue weighted by molar-refractivity contribution is 5.40. The molecule has 1 aromatic heterocycles. The summed E-state index contributed by atoms with van der Waals surface area (Å²) in [5.41, 5.74) is 3.51. The van der Waals surface area contributed by atoms with E-state index in [4.69, 9.17) is 0 Å². The molecule has 0 N–H and O–H groups in total. The second-order valence-electron chi connectivity index (χ2n) is 4.70. The highest BCUT2D eigenvalue weighted by Gasteiger charge is 2.20. The fraction of sp³-hybridized carbons (Fsp3) is 0.400. The number of hydrogen-bond acceptors (Lipinski definition) is 3. The summed E-state index contributed by atoms with van der Waals surface area (Å²) in [7, 11) is 0. The van der Waals surface area contributed by atoms with Crippen molar-refractivity contribution in [2.45, 2.75) is 39.5 Å². The van der Waals surface area contributed by atoms with E-state index in [1.165, 1.54) is 5.56 Å². The van der Waals surface area contributed by atoms with E-state index in [-0.39, 0.29) is 0 Å². The molecule has 2 aromatic rings. The molecule has 0 spiro atoms. The third-order valence-electron chi connectivity index (χ3n) is 3.43. The lowest BCUT2D eigenvalue weighted by molar-refractivity contribution is 0.594. The van der Waals surface area contributed by atoms with Crippen LogP contribution in [0.2, 0.25) is 0 Å². The van der Waals surface area contributed by atoms with Crippen LogP contribution in [-0.4, -0.2) is 15.0 Å². The summed E-state index contributed by atoms with van der Waals surface area (Å²) in [6, 6.07) is 10.2. The van der Waals surface area contributed by atoms with Crippen LogP contribution in [0.1, 0.15) is 49.6 Å². The van der Waals surface area contributed by atoms with Gasteiger partial charge >= 0.3 is 0 Å². The predicted octanol–water partition coefficient (Wildman–Crippen LogP) is 3.35. The molecule has 0 radical (unpaired) electrons. The van der Waals surface area contributed by atoms with Crippen molar-refractivity contribution >= 4 is 0 Å². The number of hydrogen-bond donors (Lipinski definition) is 0. The monoisotopic (exact) mass is 254 g/mol. The first kappa shape index (κ1) is 13.3. The number of nitrogens with zero attached hydrogens (tertiary/aromatic N) is 4. The molecule has 0 unspecified atom stereocenters. The predicted molar refractivity (Wildman–Crippen MR) is 74.1 cm³/mol. The van der Waals surface area contributed by atoms with Crippen LogP contribution in [0.15, 0.2) is 24.3 Å². The van der Waals surface area contributed by atoms with E-state index in [1.807, 2.05) is 29.8 Å². The minimum absolute atomic E-state index is 0.310. The molecule has 1 heterocycles. The van der Waals surface area contributed by atoms with Crippen molar-refractivity contribution in [2.75, 3.05) is 0 Å². The molecule has 4 heteroatoms. The molecule has 0 saturated carbocycles. The lowest BCUT2D eigenvalue weighted by atomic mass is 9.97. The van der Waals surface area contributed by atoms with Crippen molar-refractivity contribution in [2.24, 2.45) is 0 Å². The molecular weight excluding hydrogens is 236 g/mol. The third kappa shape index (κ3) is 2.50. The van der Waals surface area contributed by atoms with Gasteiger partial charge in [0.2, 0.25) is 0 Å². The van der Waals surface area contributed by atoms with Crippen molar-refractivity contribution in [1.29, 1.82) is 5.26 Å². The summed E-state index contributed by atoms with van der Waals surface area (Å²) < 4.78 is 1.81. The summed E-state index contributed by atoms with van der Waals surface area (Å²) in [6.07, 6.45) is 1.95. The Morgan fingerprint density at radius 1 is 1.32 bits per heavy atom. The number of benzene rings is 1. The molecule has 0 fully saturated rings. The Hall–Kier alpha value is -2.15. The van der Waals surface area contributed by atoms with Gasteiger partial charge in [0.15, 0.2) is 5.69 Å². The lowest BCUT2D eigenvalue weighted by Crippen LogP contribution is -2.08. The van der Waals surface area contributed by atoms with Crippen LogP contribution in [0.25, 0.3) is 5.69 Å². The zero-order valence-corrected chi connectivity index (χ0v) is 11.6. The first-order chi connectivity index (χ1) is 9.21. The van der Waals surface area contributed by atoms with E-state index in [0.29, 0.717) is 11.6 Å². The van der Waals surface area contributed by atoms with Crippen molar-refractivity contribution < 1.29 is 0 Å². The van der Waals surface area contributed by atoms with Gasteiger partial charge in [0, 0.05) is 5.92 Å². The molecule has 0 bridgehead atoms. The molecule has 0 aliphatic carbocycles. The van der Waals surface area contributed by atoms with E-state index in [0.717, 1.165) is 24.2 Å². The van der Waals surface area contributed by atoms with Crippen molar-refractivity contribution in [3.63, 3.8) is 0 Å². The van der Waals surface area contributed by atoms with Crippen LogP contribution in [0.3, 0.4) is 0 Å². The smallest absolute Gasteiger partial charge is 0.186 e.